The van der Waals surface area contributed by atoms with Crippen LogP contribution >= 0.6 is 7.82 Å². The lowest BCUT2D eigenvalue weighted by atomic mass is 10.1. The lowest BCUT2D eigenvalue weighted by molar-refractivity contribution is -0.870. The Labute approximate surface area is 454 Å². The van der Waals surface area contributed by atoms with Crippen LogP contribution < -0.4 is 4.89 Å². The summed E-state index contributed by atoms with van der Waals surface area (Å²) in [5, 5.41) is 0. The van der Waals surface area contributed by atoms with Gasteiger partial charge in [-0.2, -0.15) is 0 Å². The summed E-state index contributed by atoms with van der Waals surface area (Å²) >= 11 is 0. The highest BCUT2D eigenvalue weighted by Crippen LogP contribution is 2.38. The average Bonchev–Trinajstić information content (AvgIpc) is 3.36. The SMILES string of the molecule is CC/C=C\C/C=C\C/C=C\C/C=C\C/C=C\C/C=C\C/C=C\C/C=C\CCCCCCCCCCC(=O)OC(COC(=O)CCCCCCCCC/C=C\C/C=C\CCCCC)COP(=O)([O-])OCC[N+](C)(C)C. The first-order chi connectivity index (χ1) is 36.0. The van der Waals surface area contributed by atoms with Crippen LogP contribution in [-0.4, -0.2) is 70.0 Å². The van der Waals surface area contributed by atoms with Gasteiger partial charge < -0.3 is 27.9 Å². The fourth-order valence-electron chi connectivity index (χ4n) is 7.47. The van der Waals surface area contributed by atoms with Crippen molar-refractivity contribution in [2.75, 3.05) is 47.5 Å². The van der Waals surface area contributed by atoms with E-state index in [1.165, 1.54) is 70.6 Å². The van der Waals surface area contributed by atoms with Crippen molar-refractivity contribution >= 4 is 19.8 Å². The Morgan fingerprint density at radius 3 is 1.15 bits per heavy atom. The summed E-state index contributed by atoms with van der Waals surface area (Å²) < 4.78 is 34.1. The number of unbranched alkanes of at least 4 members (excludes halogenated alkanes) is 18. The molecule has 0 aliphatic heterocycles. The van der Waals surface area contributed by atoms with Crippen LogP contribution in [0.2, 0.25) is 0 Å². The highest BCUT2D eigenvalue weighted by molar-refractivity contribution is 7.45. The van der Waals surface area contributed by atoms with Crippen molar-refractivity contribution in [3.63, 3.8) is 0 Å². The molecule has 0 spiro atoms. The molecule has 2 unspecified atom stereocenters. The van der Waals surface area contributed by atoms with Gasteiger partial charge in [-0.1, -0.05) is 219 Å². The molecule has 74 heavy (non-hydrogen) atoms. The van der Waals surface area contributed by atoms with E-state index in [0.717, 1.165) is 109 Å². The normalized spacial score (nSPS) is 14.2. The molecule has 0 aliphatic rings. The number of phosphoric ester groups is 1. The van der Waals surface area contributed by atoms with Gasteiger partial charge in [0.2, 0.25) is 0 Å². The minimum absolute atomic E-state index is 0.0402. The van der Waals surface area contributed by atoms with Crippen LogP contribution in [0.5, 0.6) is 0 Å². The zero-order valence-electron chi connectivity index (χ0n) is 47.7. The first-order valence-corrected chi connectivity index (χ1v) is 30.7. The van der Waals surface area contributed by atoms with Gasteiger partial charge in [0.15, 0.2) is 6.10 Å². The van der Waals surface area contributed by atoms with E-state index >= 15 is 0 Å². The maximum Gasteiger partial charge on any atom is 0.306 e. The minimum Gasteiger partial charge on any atom is -0.756 e. The van der Waals surface area contributed by atoms with Gasteiger partial charge in [0.25, 0.3) is 7.82 Å². The lowest BCUT2D eigenvalue weighted by Crippen LogP contribution is -2.37. The number of carbonyl (C=O) groups is 2. The molecular formula is C64H108NO8P. The number of ether oxygens (including phenoxy) is 2. The summed E-state index contributed by atoms with van der Waals surface area (Å²) in [5.74, 6) is -0.859. The number of esters is 2. The maximum absolute atomic E-state index is 12.8. The zero-order valence-corrected chi connectivity index (χ0v) is 48.6. The van der Waals surface area contributed by atoms with Gasteiger partial charge >= 0.3 is 11.9 Å². The van der Waals surface area contributed by atoms with E-state index in [1.807, 2.05) is 21.1 Å². The number of phosphoric acid groups is 1. The summed E-state index contributed by atoms with van der Waals surface area (Å²) in [5.41, 5.74) is 0. The van der Waals surface area contributed by atoms with Crippen molar-refractivity contribution in [1.29, 1.82) is 0 Å². The smallest absolute Gasteiger partial charge is 0.306 e. The molecule has 0 amide bonds. The summed E-state index contributed by atoms with van der Waals surface area (Å²) in [7, 11) is 1.14. The first kappa shape index (κ1) is 70.4. The molecule has 0 aromatic rings. The summed E-state index contributed by atoms with van der Waals surface area (Å²) in [6, 6.07) is 0. The van der Waals surface area contributed by atoms with Crippen molar-refractivity contribution in [2.45, 2.75) is 225 Å². The van der Waals surface area contributed by atoms with Gasteiger partial charge in [0, 0.05) is 12.8 Å². The van der Waals surface area contributed by atoms with Crippen LogP contribution in [0.15, 0.2) is 122 Å². The first-order valence-electron chi connectivity index (χ1n) is 29.2. The van der Waals surface area contributed by atoms with Crippen molar-refractivity contribution < 1.29 is 42.1 Å². The molecule has 10 heteroatoms. The lowest BCUT2D eigenvalue weighted by Gasteiger charge is -2.28. The Morgan fingerprint density at radius 2 is 0.770 bits per heavy atom. The molecule has 0 N–H and O–H groups in total. The van der Waals surface area contributed by atoms with Crippen LogP contribution in [0.3, 0.4) is 0 Å². The molecule has 0 saturated heterocycles. The Hall–Kier alpha value is -3.59. The highest BCUT2D eigenvalue weighted by atomic mass is 31.2. The molecule has 0 fully saturated rings. The molecule has 422 valence electrons. The van der Waals surface area contributed by atoms with Gasteiger partial charge in [-0.25, -0.2) is 0 Å². The van der Waals surface area contributed by atoms with Crippen LogP contribution in [0.1, 0.15) is 219 Å². The monoisotopic (exact) mass is 1050 g/mol. The van der Waals surface area contributed by atoms with Crippen molar-refractivity contribution in [3.8, 4) is 0 Å². The van der Waals surface area contributed by atoms with E-state index in [1.54, 1.807) is 0 Å². The predicted molar refractivity (Wildman–Crippen MR) is 314 cm³/mol. The Balaban J connectivity index is 4.20. The van der Waals surface area contributed by atoms with Crippen LogP contribution in [0.4, 0.5) is 0 Å². The quantitative estimate of drug-likeness (QED) is 0.0195. The third kappa shape index (κ3) is 57.7. The summed E-state index contributed by atoms with van der Waals surface area (Å²) in [6.07, 6.45) is 76.7. The number of rotatable bonds is 52. The molecule has 0 heterocycles. The molecule has 9 nitrogen and oxygen atoms in total. The van der Waals surface area contributed by atoms with E-state index in [-0.39, 0.29) is 26.1 Å². The number of carbonyl (C=O) groups excluding carboxylic acids is 2. The van der Waals surface area contributed by atoms with E-state index in [2.05, 4.69) is 135 Å². The van der Waals surface area contributed by atoms with Crippen LogP contribution in [0.25, 0.3) is 0 Å². The fourth-order valence-corrected chi connectivity index (χ4v) is 8.19. The van der Waals surface area contributed by atoms with Gasteiger partial charge in [0.05, 0.1) is 27.7 Å². The second-order valence-electron chi connectivity index (χ2n) is 20.3. The third-order valence-corrected chi connectivity index (χ3v) is 12.9. The maximum atomic E-state index is 12.8. The number of allylic oxidation sites excluding steroid dienone is 20. The molecule has 0 radical (unpaired) electrons. The number of hydrogen-bond donors (Lipinski definition) is 0. The standard InChI is InChI=1S/C64H108NO8P/c1-6-8-10-12-14-16-18-20-22-24-25-26-27-28-29-30-31-32-33-34-35-36-37-38-39-41-43-45-47-49-51-53-55-57-64(67)73-62(61-72-74(68,69)71-59-58-65(3,4)5)60-70-63(66)56-54-52-50-48-46-44-42-40-23-21-19-17-15-13-11-9-7-2/h8,10,14-17,20-23,25-26,28-29,31-32,34-35,37-38,62H,6-7,9,11-13,18-19,24,27,30,33,36,39-61H2,1-5H3/b10-8-,16-14-,17-15-,22-20-,23-21-,26-25-,29-28-,32-31-,35-34-,38-37-. The van der Waals surface area contributed by atoms with Crippen molar-refractivity contribution in [2.24, 2.45) is 0 Å². The number of likely N-dealkylation sites (N-methyl/N-ethyl adjacent to an activating group) is 1. The fraction of sp³-hybridized carbons (Fsp3) is 0.656. The second kappa shape index (κ2) is 54.2. The van der Waals surface area contributed by atoms with E-state index in [9.17, 15) is 19.0 Å². The number of hydrogen-bond acceptors (Lipinski definition) is 8. The summed E-state index contributed by atoms with van der Waals surface area (Å²) in [6.45, 7) is 4.07. The Kier molecular flexibility index (Phi) is 51.6. The highest BCUT2D eigenvalue weighted by Gasteiger charge is 2.21. The average molecular weight is 1050 g/mol. The van der Waals surface area contributed by atoms with Gasteiger partial charge in [0.1, 0.15) is 19.8 Å². The van der Waals surface area contributed by atoms with E-state index < -0.39 is 32.5 Å². The molecule has 0 rings (SSSR count). The van der Waals surface area contributed by atoms with Gasteiger partial charge in [-0.3, -0.25) is 14.2 Å². The predicted octanol–water partition coefficient (Wildman–Crippen LogP) is 17.7. The second-order valence-corrected chi connectivity index (χ2v) is 21.7. The van der Waals surface area contributed by atoms with Crippen LogP contribution in [0, 0.1) is 0 Å². The molecule has 0 aromatic heterocycles. The van der Waals surface area contributed by atoms with E-state index in [0.29, 0.717) is 23.9 Å². The largest absolute Gasteiger partial charge is 0.756 e. The zero-order chi connectivity index (χ0) is 54.2. The topological polar surface area (TPSA) is 111 Å². The Bertz CT molecular complexity index is 1660. The number of quaternary nitrogens is 1. The van der Waals surface area contributed by atoms with E-state index in [4.69, 9.17) is 18.5 Å². The Morgan fingerprint density at radius 1 is 0.432 bits per heavy atom. The van der Waals surface area contributed by atoms with Crippen molar-refractivity contribution in [1.82, 2.24) is 0 Å². The molecule has 0 saturated carbocycles. The molecule has 0 aliphatic carbocycles. The number of nitrogens with zero attached hydrogens (tertiary/aromatic N) is 1. The minimum atomic E-state index is -4.65. The third-order valence-electron chi connectivity index (χ3n) is 12.0. The molecular weight excluding hydrogens is 942 g/mol. The van der Waals surface area contributed by atoms with Gasteiger partial charge in [-0.15, -0.1) is 0 Å². The molecule has 0 bridgehead atoms. The summed E-state index contributed by atoms with van der Waals surface area (Å²) in [4.78, 5) is 37.8. The van der Waals surface area contributed by atoms with Gasteiger partial charge in [-0.05, 0) is 109 Å². The van der Waals surface area contributed by atoms with Crippen LogP contribution in [-0.2, 0) is 32.7 Å². The molecule has 2 atom stereocenters. The van der Waals surface area contributed by atoms with Crippen molar-refractivity contribution in [3.05, 3.63) is 122 Å². The molecule has 0 aromatic carbocycles.